The quantitative estimate of drug-likeness (QED) is 0.265. The third-order valence-electron chi connectivity index (χ3n) is 25.1. The third kappa shape index (κ3) is 6.61. The number of rotatable bonds is 3. The standard InChI is InChI=1S/C60H91NO/c61-36-37-24-31-57-55(32-37)60(53-22-9-10-23-56(53)62-57)52-21-8-7-17-45(52)46-29-27-42(35-54(46)60)41-28-30-50-51(34-41)59(47-20-11-15-39-13-3-4-16-44(39)47)49-19-6-5-18-48(49)58(50)43-26-25-38-12-1-2-14-40(38)33-43/h32,37-54,56-59H,1-31,33-35H2. The Hall–Kier alpha value is -0.810. The molecule has 13 rings (SSSR count). The van der Waals surface area contributed by atoms with E-state index in [1.165, 1.54) is 57.8 Å². The molecular formula is C60H91NO. The van der Waals surface area contributed by atoms with Crippen LogP contribution in [0.15, 0.2) is 11.6 Å². The number of hydrogen-bond acceptors (Lipinski definition) is 2. The Kier molecular flexibility index (Phi) is 11.4. The molecule has 0 bridgehead atoms. The summed E-state index contributed by atoms with van der Waals surface area (Å²) in [5.41, 5.74) is 2.09. The fourth-order valence-electron chi connectivity index (χ4n) is 23.5. The van der Waals surface area contributed by atoms with Crippen molar-refractivity contribution in [1.82, 2.24) is 0 Å². The first-order chi connectivity index (χ1) is 30.7. The lowest BCUT2D eigenvalue weighted by Gasteiger charge is -2.63. The van der Waals surface area contributed by atoms with Crippen LogP contribution in [0, 0.1) is 135 Å². The molecule has 0 amide bonds. The SMILES string of the molecule is N#CC1C=C2C(CC1)OC1CCCCC1C21C2CCCCC2C2CCC(C3CCC4C(C3)C(C3CCCC5CCCCC53)C3CCCCC3C4C3CCC4CCCCC4C3)CC21. The summed E-state index contributed by atoms with van der Waals surface area (Å²) in [7, 11) is 0. The first kappa shape index (κ1) is 41.4. The molecule has 1 aliphatic heterocycles. The fourth-order valence-corrected chi connectivity index (χ4v) is 23.5. The van der Waals surface area contributed by atoms with E-state index in [9.17, 15) is 5.26 Å². The van der Waals surface area contributed by atoms with Crippen LogP contribution >= 0.6 is 0 Å². The molecular weight excluding hydrogens is 751 g/mol. The second kappa shape index (κ2) is 17.1. The topological polar surface area (TPSA) is 33.0 Å². The zero-order valence-electron chi connectivity index (χ0n) is 39.7. The predicted octanol–water partition coefficient (Wildman–Crippen LogP) is 15.9. The van der Waals surface area contributed by atoms with Crippen LogP contribution in [-0.4, -0.2) is 12.2 Å². The number of nitriles is 1. The minimum atomic E-state index is 0.120. The summed E-state index contributed by atoms with van der Waals surface area (Å²) in [4.78, 5) is 0. The molecule has 1 saturated heterocycles. The Morgan fingerprint density at radius 2 is 0.935 bits per heavy atom. The predicted molar refractivity (Wildman–Crippen MR) is 252 cm³/mol. The van der Waals surface area contributed by atoms with Gasteiger partial charge >= 0.3 is 0 Å². The van der Waals surface area contributed by atoms with Crippen molar-refractivity contribution in [3.05, 3.63) is 11.6 Å². The molecule has 23 unspecified atom stereocenters. The first-order valence-electron chi connectivity index (χ1n) is 29.5. The van der Waals surface area contributed by atoms with Gasteiger partial charge in [0.05, 0.1) is 24.2 Å². The summed E-state index contributed by atoms with van der Waals surface area (Å²) in [5, 5.41) is 10.5. The summed E-state index contributed by atoms with van der Waals surface area (Å²) in [5.74, 6) is 19.4. The van der Waals surface area contributed by atoms with E-state index in [2.05, 4.69) is 12.1 Å². The zero-order chi connectivity index (χ0) is 40.9. The molecule has 12 aliphatic carbocycles. The van der Waals surface area contributed by atoms with E-state index < -0.39 is 0 Å². The van der Waals surface area contributed by atoms with Crippen LogP contribution in [-0.2, 0) is 4.74 Å². The Bertz CT molecular complexity index is 1670. The monoisotopic (exact) mass is 842 g/mol. The average molecular weight is 842 g/mol. The van der Waals surface area contributed by atoms with E-state index in [1.807, 2.05) is 0 Å². The van der Waals surface area contributed by atoms with Gasteiger partial charge < -0.3 is 4.74 Å². The van der Waals surface area contributed by atoms with Gasteiger partial charge in [-0.05, 0) is 240 Å². The van der Waals surface area contributed by atoms with Gasteiger partial charge in [0.1, 0.15) is 0 Å². The molecule has 13 aliphatic rings. The lowest BCUT2D eigenvalue weighted by Crippen LogP contribution is -2.58. The second-order valence-corrected chi connectivity index (χ2v) is 26.7. The van der Waals surface area contributed by atoms with Crippen LogP contribution in [0.2, 0.25) is 0 Å². The largest absolute Gasteiger partial charge is 0.370 e. The highest BCUT2D eigenvalue weighted by Gasteiger charge is 2.69. The van der Waals surface area contributed by atoms with E-state index in [1.54, 1.807) is 153 Å². The van der Waals surface area contributed by atoms with Crippen molar-refractivity contribution in [2.45, 2.75) is 231 Å². The van der Waals surface area contributed by atoms with Crippen molar-refractivity contribution < 1.29 is 4.74 Å². The van der Waals surface area contributed by atoms with E-state index in [0.29, 0.717) is 17.6 Å². The van der Waals surface area contributed by atoms with Gasteiger partial charge in [0, 0.05) is 5.41 Å². The van der Waals surface area contributed by atoms with Gasteiger partial charge in [-0.2, -0.15) is 5.26 Å². The van der Waals surface area contributed by atoms with E-state index >= 15 is 0 Å². The lowest BCUT2D eigenvalue weighted by molar-refractivity contribution is -0.162. The number of allylic oxidation sites excluding steroid dienone is 1. The van der Waals surface area contributed by atoms with Crippen molar-refractivity contribution in [1.29, 1.82) is 5.26 Å². The highest BCUT2D eigenvalue weighted by Crippen LogP contribution is 2.74. The smallest absolute Gasteiger partial charge is 0.0795 e. The molecule has 0 radical (unpaired) electrons. The zero-order valence-corrected chi connectivity index (χ0v) is 39.7. The maximum atomic E-state index is 10.5. The molecule has 0 aromatic carbocycles. The maximum absolute atomic E-state index is 10.5. The Morgan fingerprint density at radius 3 is 1.77 bits per heavy atom. The third-order valence-corrected chi connectivity index (χ3v) is 25.1. The lowest BCUT2D eigenvalue weighted by atomic mass is 9.42. The molecule has 0 aromatic rings. The van der Waals surface area contributed by atoms with Crippen LogP contribution in [0.1, 0.15) is 218 Å². The van der Waals surface area contributed by atoms with E-state index in [0.717, 1.165) is 125 Å². The molecule has 12 fully saturated rings. The summed E-state index contributed by atoms with van der Waals surface area (Å²) >= 11 is 0. The van der Waals surface area contributed by atoms with Crippen molar-refractivity contribution in [3.63, 3.8) is 0 Å². The van der Waals surface area contributed by atoms with Crippen LogP contribution in [0.25, 0.3) is 0 Å². The summed E-state index contributed by atoms with van der Waals surface area (Å²) in [6.07, 6.45) is 55.1. The van der Waals surface area contributed by atoms with Crippen molar-refractivity contribution in [2.24, 2.45) is 124 Å². The molecule has 1 heterocycles. The van der Waals surface area contributed by atoms with Crippen LogP contribution < -0.4 is 0 Å². The first-order valence-corrected chi connectivity index (χ1v) is 29.5. The van der Waals surface area contributed by atoms with Gasteiger partial charge in [0.2, 0.25) is 0 Å². The molecule has 11 saturated carbocycles. The van der Waals surface area contributed by atoms with Gasteiger partial charge in [-0.25, -0.2) is 0 Å². The number of ether oxygens (including phenoxy) is 1. The van der Waals surface area contributed by atoms with Gasteiger partial charge in [-0.1, -0.05) is 102 Å². The van der Waals surface area contributed by atoms with Gasteiger partial charge in [0.25, 0.3) is 0 Å². The van der Waals surface area contributed by atoms with Crippen molar-refractivity contribution in [3.8, 4) is 6.07 Å². The fraction of sp³-hybridized carbons (Fsp3) is 0.950. The molecule has 1 spiro atoms. The highest BCUT2D eigenvalue weighted by atomic mass is 16.5. The van der Waals surface area contributed by atoms with Crippen LogP contribution in [0.5, 0.6) is 0 Å². The van der Waals surface area contributed by atoms with Crippen LogP contribution in [0.4, 0.5) is 0 Å². The summed E-state index contributed by atoms with van der Waals surface area (Å²) in [6.45, 7) is 0. The molecule has 2 nitrogen and oxygen atoms in total. The maximum Gasteiger partial charge on any atom is 0.0795 e. The van der Waals surface area contributed by atoms with Crippen LogP contribution in [0.3, 0.4) is 0 Å². The molecule has 342 valence electrons. The summed E-state index contributed by atoms with van der Waals surface area (Å²) < 4.78 is 7.30. The normalized spacial score (nSPS) is 55.9. The number of nitrogens with zero attached hydrogens (tertiary/aromatic N) is 1. The number of hydrogen-bond donors (Lipinski definition) is 0. The molecule has 2 heteroatoms. The van der Waals surface area contributed by atoms with Crippen molar-refractivity contribution >= 4 is 0 Å². The Morgan fingerprint density at radius 1 is 0.387 bits per heavy atom. The molecule has 23 atom stereocenters. The van der Waals surface area contributed by atoms with Gasteiger partial charge in [-0.3, -0.25) is 0 Å². The second-order valence-electron chi connectivity index (χ2n) is 26.7. The molecule has 62 heavy (non-hydrogen) atoms. The average Bonchev–Trinajstić information content (AvgIpc) is 3.62. The molecule has 0 aromatic heterocycles. The molecule has 0 N–H and O–H groups in total. The minimum Gasteiger partial charge on any atom is -0.370 e. The summed E-state index contributed by atoms with van der Waals surface area (Å²) in [6, 6.07) is 2.82. The van der Waals surface area contributed by atoms with E-state index in [4.69, 9.17) is 4.74 Å². The van der Waals surface area contributed by atoms with Gasteiger partial charge in [0.15, 0.2) is 0 Å². The van der Waals surface area contributed by atoms with Gasteiger partial charge in [-0.15, -0.1) is 0 Å². The highest BCUT2D eigenvalue weighted by molar-refractivity contribution is 5.35. The number of fused-ring (bicyclic) bond motifs is 13. The Labute approximate surface area is 380 Å². The van der Waals surface area contributed by atoms with Crippen molar-refractivity contribution in [2.75, 3.05) is 0 Å². The van der Waals surface area contributed by atoms with E-state index in [-0.39, 0.29) is 5.92 Å². The Balaban J connectivity index is 0.853. The minimum absolute atomic E-state index is 0.120.